The highest BCUT2D eigenvalue weighted by molar-refractivity contribution is 7.98. The molecule has 0 radical (unpaired) electrons. The molecule has 4 heteroatoms. The van der Waals surface area contributed by atoms with E-state index in [4.69, 9.17) is 11.6 Å². The van der Waals surface area contributed by atoms with Crippen LogP contribution in [-0.2, 0) is 0 Å². The fourth-order valence-electron chi connectivity index (χ4n) is 1.68. The Hall–Kier alpha value is -1.32. The molecule has 1 unspecified atom stereocenters. The number of halogens is 2. The SMILES string of the molecule is CSc1ccc(C(=O)C(Cl)c2ccc(F)cc2)cc1. The average molecular weight is 295 g/mol. The molecule has 0 spiro atoms. The maximum atomic E-state index is 12.8. The number of carbonyl (C=O) groups excluding carboxylic acids is 1. The first-order chi connectivity index (χ1) is 9.11. The molecule has 0 aliphatic heterocycles. The number of rotatable bonds is 4. The van der Waals surface area contributed by atoms with Crippen molar-refractivity contribution in [2.75, 3.05) is 6.26 Å². The minimum atomic E-state index is -0.791. The van der Waals surface area contributed by atoms with Crippen LogP contribution in [0.2, 0.25) is 0 Å². The van der Waals surface area contributed by atoms with Gasteiger partial charge in [-0.1, -0.05) is 24.3 Å². The first-order valence-electron chi connectivity index (χ1n) is 5.69. The second kappa shape index (κ2) is 6.22. The Kier molecular flexibility index (Phi) is 4.61. The molecule has 0 saturated carbocycles. The second-order valence-electron chi connectivity index (χ2n) is 4.01. The molecule has 19 heavy (non-hydrogen) atoms. The van der Waals surface area contributed by atoms with E-state index in [9.17, 15) is 9.18 Å². The van der Waals surface area contributed by atoms with Crippen LogP contribution in [0.1, 0.15) is 21.3 Å². The van der Waals surface area contributed by atoms with E-state index in [1.54, 1.807) is 23.9 Å². The molecule has 0 aliphatic rings. The number of hydrogen-bond acceptors (Lipinski definition) is 2. The minimum absolute atomic E-state index is 0.180. The quantitative estimate of drug-likeness (QED) is 0.461. The lowest BCUT2D eigenvalue weighted by Crippen LogP contribution is -2.07. The van der Waals surface area contributed by atoms with Gasteiger partial charge in [0.2, 0.25) is 0 Å². The van der Waals surface area contributed by atoms with Gasteiger partial charge in [0.15, 0.2) is 5.78 Å². The van der Waals surface area contributed by atoms with Gasteiger partial charge in [0, 0.05) is 10.5 Å². The number of benzene rings is 2. The van der Waals surface area contributed by atoms with Crippen molar-refractivity contribution < 1.29 is 9.18 Å². The summed E-state index contributed by atoms with van der Waals surface area (Å²) in [6, 6.07) is 12.9. The summed E-state index contributed by atoms with van der Waals surface area (Å²) >= 11 is 7.75. The van der Waals surface area contributed by atoms with Crippen molar-refractivity contribution in [3.8, 4) is 0 Å². The van der Waals surface area contributed by atoms with E-state index in [-0.39, 0.29) is 11.6 Å². The molecule has 2 rings (SSSR count). The first kappa shape index (κ1) is 14.1. The Bertz CT molecular complexity index is 566. The van der Waals surface area contributed by atoms with E-state index in [0.29, 0.717) is 11.1 Å². The van der Waals surface area contributed by atoms with Gasteiger partial charge >= 0.3 is 0 Å². The molecule has 1 atom stereocenters. The van der Waals surface area contributed by atoms with E-state index in [2.05, 4.69) is 0 Å². The summed E-state index contributed by atoms with van der Waals surface area (Å²) in [5, 5.41) is -0.791. The predicted molar refractivity (Wildman–Crippen MR) is 77.5 cm³/mol. The molecule has 0 heterocycles. The summed E-state index contributed by atoms with van der Waals surface area (Å²) < 4.78 is 12.8. The summed E-state index contributed by atoms with van der Waals surface area (Å²) in [4.78, 5) is 13.3. The van der Waals surface area contributed by atoms with E-state index in [1.807, 2.05) is 18.4 Å². The molecule has 1 nitrogen and oxygen atoms in total. The number of Topliss-reactive ketones (excluding diaryl/α,β-unsaturated/α-hetero) is 1. The lowest BCUT2D eigenvalue weighted by Gasteiger charge is -2.09. The van der Waals surface area contributed by atoms with Crippen LogP contribution in [0.5, 0.6) is 0 Å². The number of carbonyl (C=O) groups is 1. The molecule has 0 fully saturated rings. The van der Waals surface area contributed by atoms with E-state index < -0.39 is 5.38 Å². The maximum Gasteiger partial charge on any atom is 0.185 e. The molecule has 2 aromatic rings. The monoisotopic (exact) mass is 294 g/mol. The van der Waals surface area contributed by atoms with Crippen LogP contribution in [0.3, 0.4) is 0 Å². The highest BCUT2D eigenvalue weighted by Crippen LogP contribution is 2.26. The van der Waals surface area contributed by atoms with Crippen molar-refractivity contribution in [3.63, 3.8) is 0 Å². The topological polar surface area (TPSA) is 17.1 Å². The summed E-state index contributed by atoms with van der Waals surface area (Å²) in [5.74, 6) is -0.523. The summed E-state index contributed by atoms with van der Waals surface area (Å²) in [7, 11) is 0. The Balaban J connectivity index is 2.20. The molecule has 0 aliphatic carbocycles. The predicted octanol–water partition coefficient (Wildman–Crippen LogP) is 4.71. The van der Waals surface area contributed by atoms with Gasteiger partial charge in [-0.15, -0.1) is 23.4 Å². The van der Waals surface area contributed by atoms with Crippen LogP contribution < -0.4 is 0 Å². The van der Waals surface area contributed by atoms with Gasteiger partial charge in [0.25, 0.3) is 0 Å². The Morgan fingerprint density at radius 1 is 1.11 bits per heavy atom. The zero-order valence-electron chi connectivity index (χ0n) is 10.3. The standard InChI is InChI=1S/C15H12ClFOS/c1-19-13-8-4-11(5-9-13)15(18)14(16)10-2-6-12(17)7-3-10/h2-9,14H,1H3. The van der Waals surface area contributed by atoms with Gasteiger partial charge in [0.05, 0.1) is 0 Å². The highest BCUT2D eigenvalue weighted by Gasteiger charge is 2.19. The molecular formula is C15H12ClFOS. The molecule has 0 saturated heterocycles. The fraction of sp³-hybridized carbons (Fsp3) is 0.133. The molecule has 0 amide bonds. The van der Waals surface area contributed by atoms with Gasteiger partial charge in [-0.25, -0.2) is 4.39 Å². The summed E-state index contributed by atoms with van der Waals surface area (Å²) in [5.41, 5.74) is 1.16. The van der Waals surface area contributed by atoms with Crippen LogP contribution in [-0.4, -0.2) is 12.0 Å². The van der Waals surface area contributed by atoms with Gasteiger partial charge in [0.1, 0.15) is 11.2 Å². The third-order valence-electron chi connectivity index (χ3n) is 2.77. The van der Waals surface area contributed by atoms with E-state index in [0.717, 1.165) is 4.90 Å². The Morgan fingerprint density at radius 3 is 2.21 bits per heavy atom. The molecule has 98 valence electrons. The second-order valence-corrected chi connectivity index (χ2v) is 5.32. The molecule has 0 aromatic heterocycles. The zero-order valence-corrected chi connectivity index (χ0v) is 11.8. The Morgan fingerprint density at radius 2 is 1.68 bits per heavy atom. The zero-order chi connectivity index (χ0) is 13.8. The number of hydrogen-bond donors (Lipinski definition) is 0. The first-order valence-corrected chi connectivity index (χ1v) is 7.35. The average Bonchev–Trinajstić information content (AvgIpc) is 2.46. The fourth-order valence-corrected chi connectivity index (χ4v) is 2.36. The van der Waals surface area contributed by atoms with Crippen molar-refractivity contribution in [3.05, 3.63) is 65.5 Å². The normalized spacial score (nSPS) is 12.2. The van der Waals surface area contributed by atoms with Gasteiger partial charge in [-0.2, -0.15) is 0 Å². The Labute approximate surface area is 120 Å². The van der Waals surface area contributed by atoms with Gasteiger partial charge < -0.3 is 0 Å². The van der Waals surface area contributed by atoms with Crippen molar-refractivity contribution in [1.29, 1.82) is 0 Å². The van der Waals surface area contributed by atoms with Crippen LogP contribution in [0.15, 0.2) is 53.4 Å². The number of ketones is 1. The number of alkyl halides is 1. The van der Waals surface area contributed by atoms with Crippen LogP contribution in [0, 0.1) is 5.82 Å². The third-order valence-corrected chi connectivity index (χ3v) is 3.96. The van der Waals surface area contributed by atoms with Crippen molar-refractivity contribution in [2.24, 2.45) is 0 Å². The lowest BCUT2D eigenvalue weighted by molar-refractivity contribution is 0.0987. The number of thioether (sulfide) groups is 1. The van der Waals surface area contributed by atoms with E-state index in [1.165, 1.54) is 24.3 Å². The van der Waals surface area contributed by atoms with E-state index >= 15 is 0 Å². The van der Waals surface area contributed by atoms with Gasteiger partial charge in [-0.05, 0) is 36.1 Å². The molecular weight excluding hydrogens is 283 g/mol. The molecule has 0 N–H and O–H groups in total. The lowest BCUT2D eigenvalue weighted by atomic mass is 10.0. The molecule has 0 bridgehead atoms. The van der Waals surface area contributed by atoms with Crippen molar-refractivity contribution in [1.82, 2.24) is 0 Å². The van der Waals surface area contributed by atoms with Crippen LogP contribution in [0.4, 0.5) is 4.39 Å². The van der Waals surface area contributed by atoms with Crippen LogP contribution in [0.25, 0.3) is 0 Å². The van der Waals surface area contributed by atoms with Gasteiger partial charge in [-0.3, -0.25) is 4.79 Å². The minimum Gasteiger partial charge on any atom is -0.292 e. The summed E-state index contributed by atoms with van der Waals surface area (Å²) in [6.45, 7) is 0. The molecule has 2 aromatic carbocycles. The van der Waals surface area contributed by atoms with Crippen molar-refractivity contribution >= 4 is 29.1 Å². The third kappa shape index (κ3) is 3.37. The maximum absolute atomic E-state index is 12.8. The highest BCUT2D eigenvalue weighted by atomic mass is 35.5. The smallest absolute Gasteiger partial charge is 0.185 e. The largest absolute Gasteiger partial charge is 0.292 e. The summed E-state index contributed by atoms with van der Waals surface area (Å²) in [6.07, 6.45) is 1.97. The van der Waals surface area contributed by atoms with Crippen LogP contribution >= 0.6 is 23.4 Å². The van der Waals surface area contributed by atoms with Crippen molar-refractivity contribution in [2.45, 2.75) is 10.3 Å².